The van der Waals surface area contributed by atoms with E-state index in [9.17, 15) is 28.1 Å². The van der Waals surface area contributed by atoms with Gasteiger partial charge in [-0.25, -0.2) is 9.78 Å². The number of halogens is 3. The van der Waals surface area contributed by atoms with Crippen LogP contribution in [0.1, 0.15) is 12.8 Å². The summed E-state index contributed by atoms with van der Waals surface area (Å²) in [6, 6.07) is 7.27. The number of pyridine rings is 1. The van der Waals surface area contributed by atoms with E-state index in [2.05, 4.69) is 16.7 Å². The molecule has 0 aliphatic heterocycles. The van der Waals surface area contributed by atoms with Crippen LogP contribution in [0.15, 0.2) is 47.6 Å². The number of hydrogen-bond acceptors (Lipinski definition) is 8. The van der Waals surface area contributed by atoms with Crippen molar-refractivity contribution in [3.63, 3.8) is 0 Å². The van der Waals surface area contributed by atoms with E-state index in [1.807, 2.05) is 0 Å². The first kappa shape index (κ1) is 22.0. The fourth-order valence-corrected chi connectivity index (χ4v) is 3.08. The molecule has 1 aliphatic carbocycles. The largest absolute Gasteiger partial charge is 0.514 e. The fourth-order valence-electron chi connectivity index (χ4n) is 3.08. The highest BCUT2D eigenvalue weighted by Gasteiger charge is 2.42. The first-order valence-corrected chi connectivity index (χ1v) is 9.04. The normalized spacial score (nSPS) is 17.9. The van der Waals surface area contributed by atoms with Gasteiger partial charge in [-0.2, -0.15) is 13.2 Å². The van der Waals surface area contributed by atoms with Gasteiger partial charge < -0.3 is 14.4 Å². The van der Waals surface area contributed by atoms with Gasteiger partial charge in [-0.05, 0) is 31.0 Å². The zero-order valence-electron chi connectivity index (χ0n) is 16.0. The van der Waals surface area contributed by atoms with Gasteiger partial charge in [0.2, 0.25) is 0 Å². The molecule has 31 heavy (non-hydrogen) atoms. The average Bonchev–Trinajstić information content (AvgIpc) is 2.68. The number of alkyl halides is 3. The molecule has 0 unspecified atom stereocenters. The fraction of sp³-hybridized carbons (Fsp3) is 0.316. The van der Waals surface area contributed by atoms with E-state index in [1.54, 1.807) is 6.07 Å². The number of ether oxygens (including phenoxy) is 2. The van der Waals surface area contributed by atoms with Crippen molar-refractivity contribution in [2.45, 2.75) is 31.2 Å². The highest BCUT2D eigenvalue weighted by molar-refractivity contribution is 5.66. The van der Waals surface area contributed by atoms with Crippen LogP contribution < -0.4 is 9.64 Å². The van der Waals surface area contributed by atoms with Crippen LogP contribution in [0.25, 0.3) is 0 Å². The van der Waals surface area contributed by atoms with Gasteiger partial charge in [0.15, 0.2) is 5.82 Å². The molecular weight excluding hydrogens is 421 g/mol. The Labute approximate surface area is 174 Å². The molecule has 1 aromatic carbocycles. The summed E-state index contributed by atoms with van der Waals surface area (Å²) in [5.74, 6) is 0.0899. The Hall–Kier alpha value is -3.70. The van der Waals surface area contributed by atoms with Crippen molar-refractivity contribution >= 4 is 30.1 Å². The van der Waals surface area contributed by atoms with Gasteiger partial charge in [0, 0.05) is 37.2 Å². The van der Waals surface area contributed by atoms with Crippen molar-refractivity contribution in [3.05, 3.63) is 52.7 Å². The molecule has 0 saturated heterocycles. The van der Waals surface area contributed by atoms with Crippen LogP contribution in [-0.4, -0.2) is 47.6 Å². The van der Waals surface area contributed by atoms with E-state index in [4.69, 9.17) is 9.47 Å². The highest BCUT2D eigenvalue weighted by Crippen LogP contribution is 2.37. The topological polar surface area (TPSA) is 107 Å². The van der Waals surface area contributed by atoms with Crippen molar-refractivity contribution in [1.82, 2.24) is 4.98 Å². The molecule has 0 radical (unpaired) electrons. The molecule has 0 amide bonds. The molecule has 0 N–H and O–H groups in total. The lowest BCUT2D eigenvalue weighted by molar-refractivity contribution is -0.384. The quantitative estimate of drug-likeness (QED) is 0.207. The van der Waals surface area contributed by atoms with Gasteiger partial charge in [-0.1, -0.05) is 0 Å². The molecule has 9 nitrogen and oxygen atoms in total. The SMILES string of the molecule is C=Nc1cccnc1N(CC(F)(F)F)C1CC(OC(=O)Oc2ccc([N+](=O)[O-])cc2)C1. The van der Waals surface area contributed by atoms with E-state index in [0.717, 1.165) is 17.0 Å². The van der Waals surface area contributed by atoms with Gasteiger partial charge in [-0.3, -0.25) is 15.1 Å². The summed E-state index contributed by atoms with van der Waals surface area (Å²) >= 11 is 0. The minimum absolute atomic E-state index is 0.0420. The molecule has 0 bridgehead atoms. The van der Waals surface area contributed by atoms with Crippen molar-refractivity contribution in [2.24, 2.45) is 4.99 Å². The van der Waals surface area contributed by atoms with E-state index in [-0.39, 0.29) is 35.8 Å². The lowest BCUT2D eigenvalue weighted by atomic mass is 9.87. The van der Waals surface area contributed by atoms with Crippen LogP contribution in [0.4, 0.5) is 35.2 Å². The second-order valence-corrected chi connectivity index (χ2v) is 6.72. The number of carbonyl (C=O) groups is 1. The molecule has 1 heterocycles. The van der Waals surface area contributed by atoms with Gasteiger partial charge >= 0.3 is 12.3 Å². The van der Waals surface area contributed by atoms with Crippen LogP contribution in [-0.2, 0) is 4.74 Å². The Balaban J connectivity index is 1.60. The van der Waals surface area contributed by atoms with Crippen LogP contribution in [0, 0.1) is 10.1 Å². The molecule has 0 atom stereocenters. The van der Waals surface area contributed by atoms with Crippen LogP contribution in [0.2, 0.25) is 0 Å². The number of aromatic nitrogens is 1. The number of non-ortho nitro benzene ring substituents is 1. The predicted molar refractivity (Wildman–Crippen MR) is 104 cm³/mol. The highest BCUT2D eigenvalue weighted by atomic mass is 19.4. The van der Waals surface area contributed by atoms with Crippen molar-refractivity contribution < 1.29 is 32.4 Å². The maximum atomic E-state index is 13.1. The van der Waals surface area contributed by atoms with Gasteiger partial charge in [0.25, 0.3) is 5.69 Å². The number of nitro benzene ring substituents is 1. The first-order valence-electron chi connectivity index (χ1n) is 9.04. The third kappa shape index (κ3) is 5.68. The van der Waals surface area contributed by atoms with Crippen molar-refractivity contribution in [1.29, 1.82) is 0 Å². The maximum Gasteiger partial charge on any atom is 0.514 e. The Bertz CT molecular complexity index is 962. The molecule has 2 aromatic rings. The molecule has 0 spiro atoms. The third-order valence-corrected chi connectivity index (χ3v) is 4.58. The molecule has 1 saturated carbocycles. The molecule has 1 aliphatic rings. The minimum atomic E-state index is -4.48. The number of nitrogens with zero attached hydrogens (tertiary/aromatic N) is 4. The van der Waals surface area contributed by atoms with Gasteiger partial charge in [0.1, 0.15) is 24.1 Å². The lowest BCUT2D eigenvalue weighted by Crippen LogP contribution is -2.52. The van der Waals surface area contributed by atoms with Crippen LogP contribution >= 0.6 is 0 Å². The summed E-state index contributed by atoms with van der Waals surface area (Å²) < 4.78 is 49.4. The second kappa shape index (κ2) is 8.98. The summed E-state index contributed by atoms with van der Waals surface area (Å²) in [6.45, 7) is 2.12. The Morgan fingerprint density at radius 3 is 2.55 bits per heavy atom. The summed E-state index contributed by atoms with van der Waals surface area (Å²) in [6.07, 6.45) is -4.53. The first-order chi connectivity index (χ1) is 14.7. The van der Waals surface area contributed by atoms with Crippen LogP contribution in [0.3, 0.4) is 0 Å². The van der Waals surface area contributed by atoms with E-state index >= 15 is 0 Å². The third-order valence-electron chi connectivity index (χ3n) is 4.58. The average molecular weight is 438 g/mol. The second-order valence-electron chi connectivity index (χ2n) is 6.72. The van der Waals surface area contributed by atoms with Crippen molar-refractivity contribution in [3.8, 4) is 5.75 Å². The van der Waals surface area contributed by atoms with E-state index in [1.165, 1.54) is 24.4 Å². The molecule has 12 heteroatoms. The zero-order chi connectivity index (χ0) is 22.6. The van der Waals surface area contributed by atoms with Crippen LogP contribution in [0.5, 0.6) is 5.75 Å². The lowest BCUT2D eigenvalue weighted by Gasteiger charge is -2.43. The molecule has 1 aromatic heterocycles. The number of anilines is 1. The summed E-state index contributed by atoms with van der Waals surface area (Å²) in [7, 11) is 0. The predicted octanol–water partition coefficient (Wildman–Crippen LogP) is 4.44. The summed E-state index contributed by atoms with van der Waals surface area (Å²) in [5.41, 5.74) is 0.0453. The Morgan fingerprint density at radius 1 is 1.29 bits per heavy atom. The number of benzene rings is 1. The number of hydrogen-bond donors (Lipinski definition) is 0. The number of rotatable bonds is 7. The number of nitro groups is 1. The molecule has 3 rings (SSSR count). The van der Waals surface area contributed by atoms with Gasteiger partial charge in [0.05, 0.1) is 4.92 Å². The summed E-state index contributed by atoms with van der Waals surface area (Å²) in [4.78, 5) is 30.7. The molecule has 164 valence electrons. The summed E-state index contributed by atoms with van der Waals surface area (Å²) in [5, 5.41) is 10.6. The standard InChI is InChI=1S/C19H17F3N4O5/c1-23-16-3-2-8-24-17(16)25(11-19(20,21)22)13-9-15(10-13)31-18(27)30-14-6-4-12(5-7-14)26(28)29/h2-8,13,15H,1,9-11H2. The molecule has 1 fully saturated rings. The maximum absolute atomic E-state index is 13.1. The van der Waals surface area contributed by atoms with E-state index < -0.39 is 35.9 Å². The van der Waals surface area contributed by atoms with Crippen molar-refractivity contribution in [2.75, 3.05) is 11.4 Å². The minimum Gasteiger partial charge on any atom is -0.431 e. The Morgan fingerprint density at radius 2 is 1.97 bits per heavy atom. The zero-order valence-corrected chi connectivity index (χ0v) is 16.0. The van der Waals surface area contributed by atoms with Gasteiger partial charge in [-0.15, -0.1) is 0 Å². The number of aliphatic imine (C=N–C) groups is 1. The van der Waals surface area contributed by atoms with E-state index in [0.29, 0.717) is 0 Å². The number of carbonyl (C=O) groups excluding carboxylic acids is 1. The molecular formula is C19H17F3N4O5. The monoisotopic (exact) mass is 438 g/mol. The smallest absolute Gasteiger partial charge is 0.431 e. The Kier molecular flexibility index (Phi) is 6.37.